The van der Waals surface area contributed by atoms with Crippen molar-refractivity contribution in [2.75, 3.05) is 26.8 Å². The molecule has 1 saturated heterocycles. The Balaban J connectivity index is 1.51. The first-order valence-electron chi connectivity index (χ1n) is 11.5. The lowest BCUT2D eigenvalue weighted by Crippen LogP contribution is -2.28. The van der Waals surface area contributed by atoms with Gasteiger partial charge in [-0.05, 0) is 50.1 Å². The zero-order valence-electron chi connectivity index (χ0n) is 19.6. The summed E-state index contributed by atoms with van der Waals surface area (Å²) in [7, 11) is 1.58. The monoisotopic (exact) mass is 464 g/mol. The smallest absolute Gasteiger partial charge is 0.191 e. The van der Waals surface area contributed by atoms with Crippen LogP contribution >= 0.6 is 0 Å². The average Bonchev–Trinajstić information content (AvgIpc) is 3.46. The Morgan fingerprint density at radius 3 is 2.74 bits per heavy atom. The van der Waals surface area contributed by atoms with E-state index < -0.39 is 5.82 Å². The van der Waals surface area contributed by atoms with Crippen molar-refractivity contribution in [3.63, 3.8) is 0 Å². The van der Waals surface area contributed by atoms with Crippen LogP contribution in [0, 0.1) is 5.82 Å². The molecule has 0 aliphatic carbocycles. The predicted octanol–water partition coefficient (Wildman–Crippen LogP) is 3.59. The van der Waals surface area contributed by atoms with E-state index in [4.69, 9.17) is 15.2 Å². The summed E-state index contributed by atoms with van der Waals surface area (Å²) in [4.78, 5) is 6.99. The number of hydrogen-bond donors (Lipinski definition) is 1. The van der Waals surface area contributed by atoms with Crippen LogP contribution < -0.4 is 10.5 Å². The minimum atomic E-state index is -0.504. The zero-order valence-corrected chi connectivity index (χ0v) is 19.6. The van der Waals surface area contributed by atoms with Gasteiger partial charge in [-0.3, -0.25) is 9.30 Å². The largest absolute Gasteiger partial charge is 0.485 e. The molecule has 4 aromatic rings. The SMILES string of the molecule is COC[C@@H](C)Oc1ccc2ccc(-c3nnc4ccc([C@H](C)N5CC[C@H](N)C5)cn34)nc2c1F. The molecule has 0 spiro atoms. The molecule has 2 N–H and O–H groups in total. The molecule has 1 aliphatic rings. The van der Waals surface area contributed by atoms with Crippen LogP contribution in [0.4, 0.5) is 4.39 Å². The van der Waals surface area contributed by atoms with Gasteiger partial charge >= 0.3 is 0 Å². The molecule has 0 saturated carbocycles. The van der Waals surface area contributed by atoms with Gasteiger partial charge in [-0.1, -0.05) is 12.1 Å². The van der Waals surface area contributed by atoms with Crippen LogP contribution in [0.2, 0.25) is 0 Å². The molecule has 1 fully saturated rings. The number of benzene rings is 1. The number of methoxy groups -OCH3 is 1. The minimum Gasteiger partial charge on any atom is -0.485 e. The van der Waals surface area contributed by atoms with Gasteiger partial charge in [0, 0.05) is 43.9 Å². The third kappa shape index (κ3) is 4.22. The Bertz CT molecular complexity index is 1330. The molecule has 9 heteroatoms. The number of likely N-dealkylation sites (tertiary alicyclic amines) is 1. The highest BCUT2D eigenvalue weighted by molar-refractivity contribution is 5.83. The van der Waals surface area contributed by atoms with E-state index in [-0.39, 0.29) is 29.5 Å². The molecule has 1 aliphatic heterocycles. The summed E-state index contributed by atoms with van der Waals surface area (Å²) < 4.78 is 28.0. The number of fused-ring (bicyclic) bond motifs is 2. The molecule has 0 radical (unpaired) electrons. The quantitative estimate of drug-likeness (QED) is 0.447. The van der Waals surface area contributed by atoms with Crippen LogP contribution in [-0.4, -0.2) is 63.4 Å². The summed E-state index contributed by atoms with van der Waals surface area (Å²) in [5.74, 6) is 0.200. The van der Waals surface area contributed by atoms with E-state index in [1.54, 1.807) is 19.2 Å². The molecule has 0 unspecified atom stereocenters. The second-order valence-corrected chi connectivity index (χ2v) is 8.96. The highest BCUT2D eigenvalue weighted by Gasteiger charge is 2.25. The van der Waals surface area contributed by atoms with Gasteiger partial charge in [-0.15, -0.1) is 10.2 Å². The van der Waals surface area contributed by atoms with Crippen molar-refractivity contribution in [1.82, 2.24) is 24.5 Å². The van der Waals surface area contributed by atoms with E-state index in [9.17, 15) is 0 Å². The van der Waals surface area contributed by atoms with E-state index in [2.05, 4.69) is 33.1 Å². The summed E-state index contributed by atoms with van der Waals surface area (Å²) >= 11 is 0. The fourth-order valence-electron chi connectivity index (χ4n) is 4.54. The summed E-state index contributed by atoms with van der Waals surface area (Å²) in [6.07, 6.45) is 2.76. The number of halogens is 1. The molecule has 0 bridgehead atoms. The number of pyridine rings is 2. The van der Waals surface area contributed by atoms with Crippen molar-refractivity contribution in [2.24, 2.45) is 5.73 Å². The lowest BCUT2D eigenvalue weighted by molar-refractivity contribution is 0.0895. The van der Waals surface area contributed by atoms with Crippen LogP contribution in [0.15, 0.2) is 42.6 Å². The van der Waals surface area contributed by atoms with E-state index in [0.717, 1.165) is 25.1 Å². The van der Waals surface area contributed by atoms with Crippen molar-refractivity contribution in [3.8, 4) is 17.3 Å². The first kappa shape index (κ1) is 22.6. The second-order valence-electron chi connectivity index (χ2n) is 8.96. The van der Waals surface area contributed by atoms with E-state index in [0.29, 0.717) is 29.2 Å². The third-order valence-electron chi connectivity index (χ3n) is 6.44. The molecule has 3 atom stereocenters. The summed E-state index contributed by atoms with van der Waals surface area (Å²) in [6, 6.07) is 11.5. The predicted molar refractivity (Wildman–Crippen MR) is 128 cm³/mol. The fraction of sp³-hybridized carbons (Fsp3) is 0.400. The Hall–Kier alpha value is -3.14. The molecule has 178 valence electrons. The van der Waals surface area contributed by atoms with E-state index >= 15 is 4.39 Å². The fourth-order valence-corrected chi connectivity index (χ4v) is 4.54. The summed E-state index contributed by atoms with van der Waals surface area (Å²) in [5, 5.41) is 9.33. The first-order valence-corrected chi connectivity index (χ1v) is 11.5. The molecular formula is C25H29FN6O2. The van der Waals surface area contributed by atoms with Crippen LogP contribution in [0.3, 0.4) is 0 Å². The minimum absolute atomic E-state index is 0.146. The van der Waals surface area contributed by atoms with Gasteiger partial charge in [0.2, 0.25) is 0 Å². The van der Waals surface area contributed by atoms with E-state index in [1.807, 2.05) is 35.7 Å². The normalized spacial score (nSPS) is 18.6. The molecule has 34 heavy (non-hydrogen) atoms. The highest BCUT2D eigenvalue weighted by atomic mass is 19.1. The molecule has 4 heterocycles. The Morgan fingerprint density at radius 1 is 1.15 bits per heavy atom. The number of ether oxygens (including phenoxy) is 2. The van der Waals surface area contributed by atoms with Gasteiger partial charge in [0.1, 0.15) is 17.3 Å². The van der Waals surface area contributed by atoms with E-state index in [1.165, 1.54) is 0 Å². The molecule has 1 aromatic carbocycles. The Labute approximate surface area is 197 Å². The number of nitrogens with zero attached hydrogens (tertiary/aromatic N) is 5. The van der Waals surface area contributed by atoms with Gasteiger partial charge in [-0.2, -0.15) is 0 Å². The van der Waals surface area contributed by atoms with Gasteiger partial charge in [0.15, 0.2) is 23.0 Å². The molecule has 3 aromatic heterocycles. The Morgan fingerprint density at radius 2 is 1.97 bits per heavy atom. The number of aromatic nitrogens is 4. The van der Waals surface area contributed by atoms with Crippen LogP contribution in [0.1, 0.15) is 31.9 Å². The van der Waals surface area contributed by atoms with Gasteiger partial charge in [0.05, 0.1) is 6.61 Å². The van der Waals surface area contributed by atoms with Crippen LogP contribution in [0.25, 0.3) is 28.1 Å². The molecule has 0 amide bonds. The maximum Gasteiger partial charge on any atom is 0.191 e. The summed E-state index contributed by atoms with van der Waals surface area (Å²) in [6.45, 7) is 6.23. The van der Waals surface area contributed by atoms with Crippen LogP contribution in [0.5, 0.6) is 5.75 Å². The lowest BCUT2D eigenvalue weighted by Gasteiger charge is -2.24. The molecular weight excluding hydrogens is 435 g/mol. The maximum absolute atomic E-state index is 15.3. The van der Waals surface area contributed by atoms with Crippen molar-refractivity contribution in [3.05, 3.63) is 54.0 Å². The number of rotatable bonds is 7. The first-order chi connectivity index (χ1) is 16.4. The highest BCUT2D eigenvalue weighted by Crippen LogP contribution is 2.29. The van der Waals surface area contributed by atoms with Gasteiger partial charge in [-0.25, -0.2) is 9.37 Å². The number of nitrogens with two attached hydrogens (primary N) is 1. The number of hydrogen-bond acceptors (Lipinski definition) is 7. The van der Waals surface area contributed by atoms with Crippen LogP contribution in [-0.2, 0) is 4.74 Å². The zero-order chi connectivity index (χ0) is 23.8. The van der Waals surface area contributed by atoms with Gasteiger partial charge < -0.3 is 15.2 Å². The third-order valence-corrected chi connectivity index (χ3v) is 6.44. The summed E-state index contributed by atoms with van der Waals surface area (Å²) in [5.41, 5.74) is 8.71. The molecule has 5 rings (SSSR count). The van der Waals surface area contributed by atoms with Gasteiger partial charge in [0.25, 0.3) is 0 Å². The maximum atomic E-state index is 15.3. The average molecular weight is 465 g/mol. The lowest BCUT2D eigenvalue weighted by atomic mass is 10.1. The van der Waals surface area contributed by atoms with Crippen molar-refractivity contribution in [2.45, 2.75) is 38.5 Å². The second kappa shape index (κ2) is 9.25. The topological polar surface area (TPSA) is 90.8 Å². The van der Waals surface area contributed by atoms with Crippen molar-refractivity contribution < 1.29 is 13.9 Å². The van der Waals surface area contributed by atoms with Crippen molar-refractivity contribution >= 4 is 16.6 Å². The standard InChI is InChI=1S/C25H29FN6O2/c1-15(14-33-3)34-21-8-5-17-4-7-20(28-24(17)23(21)26)25-30-29-22-9-6-18(12-32(22)25)16(2)31-11-10-19(27)13-31/h4-9,12,15-16,19H,10-11,13-14,27H2,1-3H3/t15-,16+,19+/m1/s1. The van der Waals surface area contributed by atoms with Crippen molar-refractivity contribution in [1.29, 1.82) is 0 Å². The molecule has 8 nitrogen and oxygen atoms in total. The Kier molecular flexibility index (Phi) is 6.16.